The lowest BCUT2D eigenvalue weighted by Crippen LogP contribution is -2.34. The minimum atomic E-state index is -1.14. The van der Waals surface area contributed by atoms with Crippen LogP contribution in [0.3, 0.4) is 0 Å². The molecule has 0 bridgehead atoms. The van der Waals surface area contributed by atoms with Crippen molar-refractivity contribution in [3.8, 4) is 11.5 Å². The first-order valence-corrected chi connectivity index (χ1v) is 9.05. The number of halogens is 1. The fraction of sp³-hybridized carbons (Fsp3) is 0.300. The molecule has 1 heterocycles. The van der Waals surface area contributed by atoms with E-state index in [4.69, 9.17) is 21.1 Å². The Hall–Kier alpha value is -2.73. The quantitative estimate of drug-likeness (QED) is 0.759. The highest BCUT2D eigenvalue weighted by Crippen LogP contribution is 2.30. The van der Waals surface area contributed by atoms with E-state index < -0.39 is 17.9 Å². The molecular formula is C20H20ClNO5. The second-order valence-corrected chi connectivity index (χ2v) is 6.55. The van der Waals surface area contributed by atoms with E-state index >= 15 is 0 Å². The van der Waals surface area contributed by atoms with Gasteiger partial charge in [-0.05, 0) is 36.2 Å². The molecule has 1 aliphatic heterocycles. The van der Waals surface area contributed by atoms with Crippen molar-refractivity contribution in [1.82, 2.24) is 5.32 Å². The molecule has 0 aliphatic carbocycles. The number of hydrogen-bond donors (Lipinski definition) is 2. The number of hydrogen-bond acceptors (Lipinski definition) is 4. The molecule has 142 valence electrons. The zero-order chi connectivity index (χ0) is 19.4. The molecular weight excluding hydrogens is 370 g/mol. The second kappa shape index (κ2) is 8.31. The molecule has 6 nitrogen and oxygen atoms in total. The van der Waals surface area contributed by atoms with Gasteiger partial charge in [-0.25, -0.2) is 4.79 Å². The summed E-state index contributed by atoms with van der Waals surface area (Å²) in [5.74, 6) is -0.353. The maximum atomic E-state index is 12.5. The topological polar surface area (TPSA) is 84.9 Å². The van der Waals surface area contributed by atoms with Gasteiger partial charge in [0.1, 0.15) is 11.5 Å². The van der Waals surface area contributed by atoms with Crippen molar-refractivity contribution in [2.45, 2.75) is 25.8 Å². The lowest BCUT2D eigenvalue weighted by molar-refractivity contribution is -0.142. The molecule has 2 aromatic rings. The molecule has 27 heavy (non-hydrogen) atoms. The van der Waals surface area contributed by atoms with E-state index in [0.717, 1.165) is 17.7 Å². The molecule has 1 unspecified atom stereocenters. The van der Waals surface area contributed by atoms with Crippen LogP contribution >= 0.6 is 11.6 Å². The Morgan fingerprint density at radius 3 is 2.89 bits per heavy atom. The maximum absolute atomic E-state index is 12.5. The Bertz CT molecular complexity index is 867. The van der Waals surface area contributed by atoms with E-state index in [1.165, 1.54) is 0 Å². The number of ether oxygens (including phenoxy) is 2. The van der Waals surface area contributed by atoms with Gasteiger partial charge < -0.3 is 19.9 Å². The van der Waals surface area contributed by atoms with Crippen LogP contribution in [0, 0.1) is 0 Å². The van der Waals surface area contributed by atoms with E-state index in [2.05, 4.69) is 5.32 Å². The average molecular weight is 390 g/mol. The summed E-state index contributed by atoms with van der Waals surface area (Å²) in [7, 11) is 0. The number of carboxylic acids is 1. The van der Waals surface area contributed by atoms with Gasteiger partial charge in [-0.15, -0.1) is 0 Å². The number of carbonyl (C=O) groups excluding carboxylic acids is 1. The molecule has 2 N–H and O–H groups in total. The zero-order valence-electron chi connectivity index (χ0n) is 14.8. The highest BCUT2D eigenvalue weighted by Gasteiger charge is 2.25. The van der Waals surface area contributed by atoms with Gasteiger partial charge in [-0.1, -0.05) is 29.8 Å². The Balaban J connectivity index is 1.77. The van der Waals surface area contributed by atoms with Crippen molar-refractivity contribution >= 4 is 23.5 Å². The summed E-state index contributed by atoms with van der Waals surface area (Å²) in [4.78, 5) is 24.2. The summed E-state index contributed by atoms with van der Waals surface area (Å²) < 4.78 is 11.0. The number of para-hydroxylation sites is 1. The first kappa shape index (κ1) is 19.0. The lowest BCUT2D eigenvalue weighted by Gasteiger charge is -2.17. The van der Waals surface area contributed by atoms with Crippen LogP contribution in [0.15, 0.2) is 36.4 Å². The van der Waals surface area contributed by atoms with E-state index in [1.54, 1.807) is 36.4 Å². The fourth-order valence-corrected chi connectivity index (χ4v) is 3.31. The number of carboxylic acid groups (broad SMARTS) is 1. The number of benzene rings is 2. The Labute approximate surface area is 162 Å². The molecule has 0 saturated carbocycles. The molecule has 2 aromatic carbocycles. The van der Waals surface area contributed by atoms with Gasteiger partial charge >= 0.3 is 5.97 Å². The van der Waals surface area contributed by atoms with E-state index in [1.807, 2.05) is 6.92 Å². The third-order valence-electron chi connectivity index (χ3n) is 4.29. The average Bonchev–Trinajstić information content (AvgIpc) is 3.10. The predicted molar refractivity (Wildman–Crippen MR) is 100 cm³/mol. The Kier molecular flexibility index (Phi) is 5.86. The first-order chi connectivity index (χ1) is 13.0. The van der Waals surface area contributed by atoms with Gasteiger partial charge in [-0.2, -0.15) is 0 Å². The number of rotatable bonds is 7. The van der Waals surface area contributed by atoms with E-state index in [9.17, 15) is 14.7 Å². The second-order valence-electron chi connectivity index (χ2n) is 6.14. The highest BCUT2D eigenvalue weighted by atomic mass is 35.5. The number of amides is 1. The smallest absolute Gasteiger partial charge is 0.330 e. The van der Waals surface area contributed by atoms with Crippen LogP contribution in [0.4, 0.5) is 0 Å². The number of aliphatic carboxylic acids is 1. The molecule has 0 aromatic heterocycles. The van der Waals surface area contributed by atoms with Gasteiger partial charge in [0, 0.05) is 12.0 Å². The third kappa shape index (κ3) is 4.34. The normalized spacial score (nSPS) is 13.4. The van der Waals surface area contributed by atoms with Crippen LogP contribution < -0.4 is 14.8 Å². The number of nitrogens with one attached hydrogen (secondary N) is 1. The van der Waals surface area contributed by atoms with Crippen molar-refractivity contribution in [2.75, 3.05) is 13.2 Å². The van der Waals surface area contributed by atoms with Crippen molar-refractivity contribution in [3.05, 3.63) is 58.1 Å². The Morgan fingerprint density at radius 2 is 2.15 bits per heavy atom. The molecule has 0 saturated heterocycles. The SMILES string of the molecule is CCOc1c(Cl)cccc1CC(=O)NC(C(=O)O)c1ccc2c(c1)CCO2. The van der Waals surface area contributed by atoms with Crippen molar-refractivity contribution in [3.63, 3.8) is 0 Å². The zero-order valence-corrected chi connectivity index (χ0v) is 15.6. The van der Waals surface area contributed by atoms with Crippen molar-refractivity contribution < 1.29 is 24.2 Å². The van der Waals surface area contributed by atoms with Crippen LogP contribution in [0.2, 0.25) is 5.02 Å². The summed E-state index contributed by atoms with van der Waals surface area (Å²) in [5.41, 5.74) is 2.06. The summed E-state index contributed by atoms with van der Waals surface area (Å²) >= 11 is 6.14. The van der Waals surface area contributed by atoms with E-state index in [0.29, 0.717) is 35.1 Å². The van der Waals surface area contributed by atoms with Gasteiger partial charge in [0.2, 0.25) is 5.91 Å². The summed E-state index contributed by atoms with van der Waals surface area (Å²) in [6.45, 7) is 2.82. The molecule has 3 rings (SSSR count). The molecule has 1 aliphatic rings. The lowest BCUT2D eigenvalue weighted by atomic mass is 10.0. The molecule has 0 radical (unpaired) electrons. The maximum Gasteiger partial charge on any atom is 0.330 e. The highest BCUT2D eigenvalue weighted by molar-refractivity contribution is 6.32. The van der Waals surface area contributed by atoms with Gasteiger partial charge in [0.15, 0.2) is 6.04 Å². The number of fused-ring (bicyclic) bond motifs is 1. The van der Waals surface area contributed by atoms with Crippen molar-refractivity contribution in [2.24, 2.45) is 0 Å². The molecule has 0 fully saturated rings. The summed E-state index contributed by atoms with van der Waals surface area (Å²) in [6.07, 6.45) is 0.692. The molecule has 7 heteroatoms. The number of carbonyl (C=O) groups is 2. The third-order valence-corrected chi connectivity index (χ3v) is 4.58. The largest absolute Gasteiger partial charge is 0.493 e. The van der Waals surface area contributed by atoms with E-state index in [-0.39, 0.29) is 6.42 Å². The monoisotopic (exact) mass is 389 g/mol. The predicted octanol–water partition coefficient (Wildman–Crippen LogP) is 3.16. The minimum Gasteiger partial charge on any atom is -0.493 e. The molecule has 1 amide bonds. The van der Waals surface area contributed by atoms with Crippen LogP contribution in [-0.2, 0) is 22.4 Å². The fourth-order valence-electron chi connectivity index (χ4n) is 3.06. The minimum absolute atomic E-state index is 0.0340. The van der Waals surface area contributed by atoms with Crippen LogP contribution in [0.5, 0.6) is 11.5 Å². The van der Waals surface area contributed by atoms with Crippen LogP contribution in [0.1, 0.15) is 29.7 Å². The van der Waals surface area contributed by atoms with Crippen molar-refractivity contribution in [1.29, 1.82) is 0 Å². The van der Waals surface area contributed by atoms with Crippen LogP contribution in [-0.4, -0.2) is 30.2 Å². The first-order valence-electron chi connectivity index (χ1n) is 8.67. The van der Waals surface area contributed by atoms with Gasteiger partial charge in [0.25, 0.3) is 0 Å². The standard InChI is InChI=1S/C20H20ClNO5/c1-2-26-19-14(4-3-5-15(19)21)11-17(23)22-18(20(24)25)13-6-7-16-12(10-13)8-9-27-16/h3-7,10,18H,2,8-9,11H2,1H3,(H,22,23)(H,24,25). The molecule has 1 atom stereocenters. The molecule has 0 spiro atoms. The van der Waals surface area contributed by atoms with Gasteiger partial charge in [0.05, 0.1) is 24.7 Å². The van der Waals surface area contributed by atoms with Crippen LogP contribution in [0.25, 0.3) is 0 Å². The van der Waals surface area contributed by atoms with Gasteiger partial charge in [-0.3, -0.25) is 4.79 Å². The summed E-state index contributed by atoms with van der Waals surface area (Å²) in [6, 6.07) is 9.17. The summed E-state index contributed by atoms with van der Waals surface area (Å²) in [5, 5.41) is 12.6. The Morgan fingerprint density at radius 1 is 1.33 bits per heavy atom.